The van der Waals surface area contributed by atoms with Crippen molar-refractivity contribution >= 4 is 11.6 Å². The lowest BCUT2D eigenvalue weighted by atomic mass is 9.99. The number of rotatable bonds is 19. The Balaban J connectivity index is 3.12. The fourth-order valence-electron chi connectivity index (χ4n) is 3.56. The second kappa shape index (κ2) is 17.7. The lowest BCUT2D eigenvalue weighted by Gasteiger charge is -2.20. The number of aliphatic hydroxyl groups is 1. The fourth-order valence-corrected chi connectivity index (χ4v) is 4.09. The highest BCUT2D eigenvalue weighted by atomic mass is 35.5. The van der Waals surface area contributed by atoms with Crippen molar-refractivity contribution in [3.8, 4) is 0 Å². The molecule has 0 spiro atoms. The van der Waals surface area contributed by atoms with E-state index in [1.54, 1.807) is 0 Å². The number of hydrogen-bond acceptors (Lipinski definition) is 1. The van der Waals surface area contributed by atoms with Gasteiger partial charge in [0.05, 0.1) is 5.60 Å². The standard InChI is InChI=1S/C23H47ClO/c1-4-5-6-7-8-9-10-11-12-13-14-15-16-17-18-19-20-22(24)21-23(2,3)25/h22,25H,4-21H2,1-3H3. The molecular formula is C23H47ClO. The van der Waals surface area contributed by atoms with Crippen LogP contribution in [0.1, 0.15) is 136 Å². The van der Waals surface area contributed by atoms with Crippen LogP contribution in [0, 0.1) is 0 Å². The quantitative estimate of drug-likeness (QED) is 0.178. The molecule has 0 aliphatic rings. The molecule has 0 rings (SSSR count). The van der Waals surface area contributed by atoms with Crippen molar-refractivity contribution in [2.75, 3.05) is 0 Å². The minimum absolute atomic E-state index is 0.131. The third-order valence-electron chi connectivity index (χ3n) is 5.09. The van der Waals surface area contributed by atoms with Gasteiger partial charge in [-0.1, -0.05) is 110 Å². The molecule has 1 atom stereocenters. The monoisotopic (exact) mass is 374 g/mol. The first-order valence-corrected chi connectivity index (χ1v) is 11.8. The van der Waals surface area contributed by atoms with Crippen molar-refractivity contribution in [2.24, 2.45) is 0 Å². The van der Waals surface area contributed by atoms with E-state index in [0.717, 1.165) is 6.42 Å². The maximum atomic E-state index is 9.74. The molecule has 152 valence electrons. The molecule has 0 aliphatic heterocycles. The van der Waals surface area contributed by atoms with Crippen LogP contribution in [0.25, 0.3) is 0 Å². The molecule has 0 radical (unpaired) electrons. The Morgan fingerprint density at radius 3 is 1.28 bits per heavy atom. The summed E-state index contributed by atoms with van der Waals surface area (Å²) in [5.74, 6) is 0. The summed E-state index contributed by atoms with van der Waals surface area (Å²) in [6, 6.07) is 0. The normalized spacial score (nSPS) is 13.3. The summed E-state index contributed by atoms with van der Waals surface area (Å²) in [5, 5.41) is 9.87. The maximum Gasteiger partial charge on any atom is 0.0605 e. The zero-order valence-corrected chi connectivity index (χ0v) is 18.4. The molecule has 0 amide bonds. The Morgan fingerprint density at radius 1 is 0.640 bits per heavy atom. The van der Waals surface area contributed by atoms with E-state index in [9.17, 15) is 5.11 Å². The van der Waals surface area contributed by atoms with Crippen molar-refractivity contribution in [3.05, 3.63) is 0 Å². The Labute approximate surface area is 164 Å². The van der Waals surface area contributed by atoms with Gasteiger partial charge in [0.25, 0.3) is 0 Å². The van der Waals surface area contributed by atoms with Crippen molar-refractivity contribution in [3.63, 3.8) is 0 Å². The van der Waals surface area contributed by atoms with Gasteiger partial charge in [0.2, 0.25) is 0 Å². The summed E-state index contributed by atoms with van der Waals surface area (Å²) in [4.78, 5) is 0. The van der Waals surface area contributed by atoms with E-state index >= 15 is 0 Å². The molecule has 0 saturated heterocycles. The summed E-state index contributed by atoms with van der Waals surface area (Å²) in [5.41, 5.74) is -0.624. The zero-order chi connectivity index (χ0) is 18.8. The van der Waals surface area contributed by atoms with Crippen LogP contribution in [0.2, 0.25) is 0 Å². The summed E-state index contributed by atoms with van der Waals surface area (Å²) in [6.07, 6.45) is 24.2. The van der Waals surface area contributed by atoms with Gasteiger partial charge in [0.15, 0.2) is 0 Å². The molecule has 0 heterocycles. The van der Waals surface area contributed by atoms with Crippen LogP contribution in [0.3, 0.4) is 0 Å². The van der Waals surface area contributed by atoms with E-state index in [0.29, 0.717) is 6.42 Å². The van der Waals surface area contributed by atoms with Gasteiger partial charge in [0, 0.05) is 5.38 Å². The first-order chi connectivity index (χ1) is 12.0. The molecule has 2 heteroatoms. The lowest BCUT2D eigenvalue weighted by molar-refractivity contribution is 0.0692. The minimum Gasteiger partial charge on any atom is -0.390 e. The highest BCUT2D eigenvalue weighted by Gasteiger charge is 2.17. The third kappa shape index (κ3) is 22.2. The van der Waals surface area contributed by atoms with E-state index in [4.69, 9.17) is 11.6 Å². The van der Waals surface area contributed by atoms with Gasteiger partial charge in [-0.05, 0) is 26.7 Å². The first-order valence-electron chi connectivity index (χ1n) is 11.3. The van der Waals surface area contributed by atoms with Gasteiger partial charge in [0.1, 0.15) is 0 Å². The van der Waals surface area contributed by atoms with Crippen LogP contribution in [0.5, 0.6) is 0 Å². The SMILES string of the molecule is CCCCCCCCCCCCCCCCCCC(Cl)CC(C)(C)O. The van der Waals surface area contributed by atoms with E-state index < -0.39 is 5.60 Å². The van der Waals surface area contributed by atoms with Crippen molar-refractivity contribution in [1.29, 1.82) is 0 Å². The molecule has 25 heavy (non-hydrogen) atoms. The molecule has 0 aliphatic carbocycles. The average molecular weight is 375 g/mol. The third-order valence-corrected chi connectivity index (χ3v) is 5.46. The molecule has 0 bridgehead atoms. The predicted molar refractivity (Wildman–Crippen MR) is 115 cm³/mol. The largest absolute Gasteiger partial charge is 0.390 e. The molecule has 1 unspecified atom stereocenters. The molecule has 1 nitrogen and oxygen atoms in total. The summed E-state index contributed by atoms with van der Waals surface area (Å²) in [7, 11) is 0. The number of halogens is 1. The molecule has 0 aromatic rings. The summed E-state index contributed by atoms with van der Waals surface area (Å²) < 4.78 is 0. The van der Waals surface area contributed by atoms with Gasteiger partial charge in [-0.15, -0.1) is 11.6 Å². The molecule has 0 aromatic carbocycles. The average Bonchev–Trinajstić information content (AvgIpc) is 2.53. The van der Waals surface area contributed by atoms with E-state index in [-0.39, 0.29) is 5.38 Å². The van der Waals surface area contributed by atoms with E-state index in [1.165, 1.54) is 103 Å². The number of hydrogen-bond donors (Lipinski definition) is 1. The highest BCUT2D eigenvalue weighted by Crippen LogP contribution is 2.21. The van der Waals surface area contributed by atoms with Gasteiger partial charge >= 0.3 is 0 Å². The Morgan fingerprint density at radius 2 is 0.960 bits per heavy atom. The fraction of sp³-hybridized carbons (Fsp3) is 1.00. The number of alkyl halides is 1. The Hall–Kier alpha value is 0.250. The molecule has 1 N–H and O–H groups in total. The van der Waals surface area contributed by atoms with Crippen LogP contribution < -0.4 is 0 Å². The second-order valence-corrected chi connectivity index (χ2v) is 9.32. The van der Waals surface area contributed by atoms with Gasteiger partial charge in [-0.25, -0.2) is 0 Å². The van der Waals surface area contributed by atoms with Crippen LogP contribution in [0.15, 0.2) is 0 Å². The Bertz CT molecular complexity index is 259. The topological polar surface area (TPSA) is 20.2 Å². The van der Waals surface area contributed by atoms with Crippen molar-refractivity contribution in [2.45, 2.75) is 147 Å². The molecule has 0 aromatic heterocycles. The maximum absolute atomic E-state index is 9.74. The lowest BCUT2D eigenvalue weighted by Crippen LogP contribution is -2.23. The van der Waals surface area contributed by atoms with Crippen LogP contribution >= 0.6 is 11.6 Å². The molecule has 0 saturated carbocycles. The van der Waals surface area contributed by atoms with Crippen LogP contribution in [0.4, 0.5) is 0 Å². The van der Waals surface area contributed by atoms with Crippen LogP contribution in [-0.4, -0.2) is 16.1 Å². The Kier molecular flexibility index (Phi) is 17.8. The molecular weight excluding hydrogens is 328 g/mol. The van der Waals surface area contributed by atoms with E-state index in [2.05, 4.69) is 6.92 Å². The highest BCUT2D eigenvalue weighted by molar-refractivity contribution is 6.20. The van der Waals surface area contributed by atoms with Crippen molar-refractivity contribution in [1.82, 2.24) is 0 Å². The van der Waals surface area contributed by atoms with Crippen molar-refractivity contribution < 1.29 is 5.11 Å². The molecule has 0 fully saturated rings. The van der Waals surface area contributed by atoms with E-state index in [1.807, 2.05) is 13.8 Å². The summed E-state index contributed by atoms with van der Waals surface area (Å²) in [6.45, 7) is 5.97. The summed E-state index contributed by atoms with van der Waals surface area (Å²) >= 11 is 6.27. The van der Waals surface area contributed by atoms with Gasteiger partial charge < -0.3 is 5.11 Å². The minimum atomic E-state index is -0.624. The number of unbranched alkanes of at least 4 members (excludes halogenated alkanes) is 15. The predicted octanol–water partition coefficient (Wildman–Crippen LogP) is 8.41. The second-order valence-electron chi connectivity index (χ2n) is 8.71. The van der Waals surface area contributed by atoms with Gasteiger partial charge in [-0.3, -0.25) is 0 Å². The van der Waals surface area contributed by atoms with Gasteiger partial charge in [-0.2, -0.15) is 0 Å². The smallest absolute Gasteiger partial charge is 0.0605 e. The first kappa shape index (κ1) is 25.2. The van der Waals surface area contributed by atoms with Crippen LogP contribution in [-0.2, 0) is 0 Å². The zero-order valence-electron chi connectivity index (χ0n) is 17.6.